The SMILES string of the molecule is COCC1=C(C)C(c2ccc(F)c(F)c2)N(C(=O)Oc2ccc([N+](=O)[O-])cc2)C(OC)=N1.COCC1=C(C)C(c2ccc(F)c(F)c2)N=C(OC)N1. The summed E-state index contributed by atoms with van der Waals surface area (Å²) in [6, 6.07) is 10.7. The van der Waals surface area contributed by atoms with Gasteiger partial charge in [-0.1, -0.05) is 12.1 Å². The molecule has 0 saturated carbocycles. The van der Waals surface area contributed by atoms with E-state index < -0.39 is 46.4 Å². The Morgan fingerprint density at radius 3 is 1.96 bits per heavy atom. The van der Waals surface area contributed by atoms with E-state index in [0.717, 1.165) is 40.4 Å². The maximum atomic E-state index is 14.0. The van der Waals surface area contributed by atoms with Gasteiger partial charge in [-0.15, -0.1) is 0 Å². The van der Waals surface area contributed by atoms with Crippen LogP contribution in [-0.2, 0) is 18.9 Å². The van der Waals surface area contributed by atoms with Gasteiger partial charge in [0.1, 0.15) is 11.8 Å². The summed E-state index contributed by atoms with van der Waals surface area (Å²) in [6.45, 7) is 3.98. The third kappa shape index (κ3) is 8.91. The molecule has 17 heteroatoms. The Morgan fingerprint density at radius 2 is 1.42 bits per heavy atom. The van der Waals surface area contributed by atoms with Crippen LogP contribution < -0.4 is 10.1 Å². The zero-order chi connectivity index (χ0) is 38.1. The molecule has 0 aromatic heterocycles. The number of benzene rings is 3. The Balaban J connectivity index is 0.000000259. The number of non-ortho nitro benzene ring substituents is 1. The molecular weight excluding hydrogens is 694 g/mol. The van der Waals surface area contributed by atoms with Gasteiger partial charge in [0, 0.05) is 32.0 Å². The van der Waals surface area contributed by atoms with E-state index in [0.29, 0.717) is 29.5 Å². The van der Waals surface area contributed by atoms with Crippen molar-refractivity contribution in [1.29, 1.82) is 0 Å². The number of nitrogens with zero attached hydrogens (tertiary/aromatic N) is 4. The van der Waals surface area contributed by atoms with Crippen LogP contribution in [0.4, 0.5) is 28.0 Å². The summed E-state index contributed by atoms with van der Waals surface area (Å²) in [5.74, 6) is -3.87. The molecule has 1 N–H and O–H groups in total. The van der Waals surface area contributed by atoms with E-state index in [2.05, 4.69) is 15.3 Å². The molecular formula is C35H35F4N5O8. The van der Waals surface area contributed by atoms with E-state index in [9.17, 15) is 32.5 Å². The lowest BCUT2D eigenvalue weighted by atomic mass is 9.95. The van der Waals surface area contributed by atoms with Crippen molar-refractivity contribution in [2.45, 2.75) is 25.9 Å². The number of carbonyl (C=O) groups is 1. The van der Waals surface area contributed by atoms with Crippen LogP contribution in [0.3, 0.4) is 0 Å². The number of amidine groups is 2. The number of nitro benzene ring substituents is 1. The van der Waals surface area contributed by atoms with Crippen LogP contribution in [0.2, 0.25) is 0 Å². The molecule has 0 aliphatic carbocycles. The Hall–Kier alpha value is -5.81. The molecule has 2 aliphatic heterocycles. The van der Waals surface area contributed by atoms with Crippen molar-refractivity contribution in [3.05, 3.63) is 128 Å². The molecule has 2 heterocycles. The lowest BCUT2D eigenvalue weighted by Crippen LogP contribution is -2.45. The van der Waals surface area contributed by atoms with E-state index in [1.807, 2.05) is 6.92 Å². The zero-order valence-electron chi connectivity index (χ0n) is 28.9. The Kier molecular flexibility index (Phi) is 13.1. The molecule has 52 heavy (non-hydrogen) atoms. The number of nitrogens with one attached hydrogen (secondary N) is 1. The second-order valence-electron chi connectivity index (χ2n) is 11.2. The van der Waals surface area contributed by atoms with Crippen LogP contribution in [0.5, 0.6) is 5.75 Å². The summed E-state index contributed by atoms with van der Waals surface area (Å²) >= 11 is 0. The van der Waals surface area contributed by atoms with E-state index >= 15 is 0 Å². The summed E-state index contributed by atoms with van der Waals surface area (Å²) < 4.78 is 79.9. The van der Waals surface area contributed by atoms with Crippen LogP contribution >= 0.6 is 0 Å². The predicted molar refractivity (Wildman–Crippen MR) is 180 cm³/mol. The van der Waals surface area contributed by atoms with Gasteiger partial charge in [-0.25, -0.2) is 32.2 Å². The highest BCUT2D eigenvalue weighted by molar-refractivity contribution is 5.94. The van der Waals surface area contributed by atoms with Crippen LogP contribution in [0, 0.1) is 33.4 Å². The quantitative estimate of drug-likeness (QED) is 0.149. The zero-order valence-corrected chi connectivity index (χ0v) is 28.9. The second kappa shape index (κ2) is 17.4. The van der Waals surface area contributed by atoms with Gasteiger partial charge in [0.2, 0.25) is 0 Å². The fourth-order valence-corrected chi connectivity index (χ4v) is 5.24. The summed E-state index contributed by atoms with van der Waals surface area (Å²) in [5.41, 5.74) is 3.28. The number of nitro groups is 1. The molecule has 0 radical (unpaired) electrons. The van der Waals surface area contributed by atoms with Crippen LogP contribution in [-0.4, -0.2) is 69.6 Å². The van der Waals surface area contributed by atoms with Crippen molar-refractivity contribution >= 4 is 23.8 Å². The molecule has 1 amide bonds. The number of halogens is 4. The van der Waals surface area contributed by atoms with Crippen LogP contribution in [0.25, 0.3) is 0 Å². The fraction of sp³-hybridized carbons (Fsp3) is 0.286. The minimum Gasteiger partial charge on any atom is -0.468 e. The minimum absolute atomic E-state index is 0.0319. The van der Waals surface area contributed by atoms with Gasteiger partial charge < -0.3 is 29.0 Å². The lowest BCUT2D eigenvalue weighted by molar-refractivity contribution is -0.384. The number of carbonyl (C=O) groups excluding carboxylic acids is 1. The predicted octanol–water partition coefficient (Wildman–Crippen LogP) is 6.88. The van der Waals surface area contributed by atoms with Crippen molar-refractivity contribution in [3.8, 4) is 5.75 Å². The first-order valence-corrected chi connectivity index (χ1v) is 15.4. The molecule has 0 saturated heterocycles. The number of aliphatic imine (C=N–C) groups is 2. The maximum absolute atomic E-state index is 14.0. The van der Waals surface area contributed by atoms with E-state index in [4.69, 9.17) is 23.7 Å². The number of hydrogen-bond donors (Lipinski definition) is 1. The first kappa shape index (κ1) is 39.0. The van der Waals surface area contributed by atoms with Crippen molar-refractivity contribution < 1.29 is 51.0 Å². The monoisotopic (exact) mass is 729 g/mol. The largest absolute Gasteiger partial charge is 0.468 e. The highest BCUT2D eigenvalue weighted by Gasteiger charge is 2.38. The Bertz CT molecular complexity index is 1930. The fourth-order valence-electron chi connectivity index (χ4n) is 5.24. The molecule has 2 atom stereocenters. The molecule has 0 bridgehead atoms. The van der Waals surface area contributed by atoms with Gasteiger partial charge in [-0.3, -0.25) is 10.1 Å². The smallest absolute Gasteiger partial charge is 0.424 e. The molecule has 13 nitrogen and oxygen atoms in total. The Morgan fingerprint density at radius 1 is 0.827 bits per heavy atom. The van der Waals surface area contributed by atoms with Crippen molar-refractivity contribution in [1.82, 2.24) is 10.2 Å². The van der Waals surface area contributed by atoms with Gasteiger partial charge in [-0.2, -0.15) is 4.99 Å². The first-order chi connectivity index (χ1) is 24.8. The Labute approximate surface area is 296 Å². The summed E-state index contributed by atoms with van der Waals surface area (Å²) in [7, 11) is 5.81. The molecule has 3 aromatic rings. The number of methoxy groups -OCH3 is 4. The number of rotatable bonds is 8. The van der Waals surface area contributed by atoms with Crippen molar-refractivity contribution in [2.75, 3.05) is 41.7 Å². The maximum Gasteiger partial charge on any atom is 0.424 e. The lowest BCUT2D eigenvalue weighted by Gasteiger charge is -2.35. The summed E-state index contributed by atoms with van der Waals surface area (Å²) in [6.07, 6.45) is -0.940. The summed E-state index contributed by atoms with van der Waals surface area (Å²) in [4.78, 5) is 33.0. The van der Waals surface area contributed by atoms with Crippen LogP contribution in [0.15, 0.2) is 93.2 Å². The molecule has 2 aliphatic rings. The molecule has 3 aromatic carbocycles. The third-order valence-electron chi connectivity index (χ3n) is 7.86. The van der Waals surface area contributed by atoms with Gasteiger partial charge in [-0.05, 0) is 72.5 Å². The van der Waals surface area contributed by atoms with E-state index in [1.54, 1.807) is 14.0 Å². The van der Waals surface area contributed by atoms with Crippen molar-refractivity contribution in [3.63, 3.8) is 0 Å². The molecule has 0 spiro atoms. The average molecular weight is 730 g/mol. The standard InChI is InChI=1S/C21H19F2N3O6.C14H16F2N2O2/c1-12-18(11-30-2)24-20(31-3)25(19(12)13-4-9-16(22)17(23)10-13)21(27)32-15-7-5-14(6-8-15)26(28)29;1-8-12(7-19-2)17-14(20-3)18-13(8)9-4-5-10(15)11(16)6-9/h4-10,19H,11H2,1-3H3;4-6,13H,7H2,1-3H3,(H,17,18). The molecule has 2 unspecified atom stereocenters. The van der Waals surface area contributed by atoms with Gasteiger partial charge >= 0.3 is 12.1 Å². The minimum atomic E-state index is -1.09. The number of ether oxygens (including phenoxy) is 5. The average Bonchev–Trinajstić information content (AvgIpc) is 3.12. The highest BCUT2D eigenvalue weighted by atomic mass is 19.2. The van der Waals surface area contributed by atoms with E-state index in [1.165, 1.54) is 57.7 Å². The third-order valence-corrected chi connectivity index (χ3v) is 7.86. The highest BCUT2D eigenvalue weighted by Crippen LogP contribution is 2.37. The van der Waals surface area contributed by atoms with Crippen LogP contribution in [0.1, 0.15) is 37.1 Å². The second-order valence-corrected chi connectivity index (χ2v) is 11.2. The van der Waals surface area contributed by atoms with Gasteiger partial charge in [0.05, 0.1) is 44.1 Å². The number of amides is 1. The topological polar surface area (TPSA) is 146 Å². The van der Waals surface area contributed by atoms with Crippen molar-refractivity contribution in [2.24, 2.45) is 9.98 Å². The molecule has 0 fully saturated rings. The normalized spacial score (nSPS) is 17.0. The summed E-state index contributed by atoms with van der Waals surface area (Å²) in [5, 5.41) is 13.8. The number of hydrogen-bond acceptors (Lipinski definition) is 11. The van der Waals surface area contributed by atoms with Gasteiger partial charge in [0.15, 0.2) is 23.3 Å². The first-order valence-electron chi connectivity index (χ1n) is 15.4. The molecule has 276 valence electrons. The van der Waals surface area contributed by atoms with E-state index in [-0.39, 0.29) is 29.6 Å². The van der Waals surface area contributed by atoms with Gasteiger partial charge in [0.25, 0.3) is 11.7 Å². The molecule has 5 rings (SSSR count).